The van der Waals surface area contributed by atoms with E-state index in [-0.39, 0.29) is 18.5 Å². The van der Waals surface area contributed by atoms with Gasteiger partial charge in [0.05, 0.1) is 5.60 Å². The number of rotatable bonds is 4. The minimum Gasteiger partial charge on any atom is -0.388 e. The number of amides is 3. The Bertz CT molecular complexity index is 919. The largest absolute Gasteiger partial charge is 0.388 e. The normalized spacial score (nSPS) is 17.7. The number of nitrogens with zero attached hydrogens (tertiary/aromatic N) is 1. The minimum atomic E-state index is -0.825. The Balaban J connectivity index is 1.37. The molecule has 1 heterocycles. The van der Waals surface area contributed by atoms with Crippen LogP contribution in [0.2, 0.25) is 0 Å². The van der Waals surface area contributed by atoms with Crippen LogP contribution in [-0.2, 0) is 6.42 Å². The zero-order valence-corrected chi connectivity index (χ0v) is 17.2. The Morgan fingerprint density at radius 1 is 1.00 bits per heavy atom. The molecule has 1 saturated carbocycles. The molecule has 6 heteroatoms. The number of hydrogen-bond donors (Lipinski definition) is 3. The molecule has 6 nitrogen and oxygen atoms in total. The van der Waals surface area contributed by atoms with E-state index in [9.17, 15) is 14.7 Å². The molecular formula is C24H29N3O3. The van der Waals surface area contributed by atoms with Gasteiger partial charge in [-0.15, -0.1) is 0 Å². The van der Waals surface area contributed by atoms with Gasteiger partial charge in [0.25, 0.3) is 5.91 Å². The van der Waals surface area contributed by atoms with Gasteiger partial charge in [0.15, 0.2) is 0 Å². The molecule has 158 valence electrons. The molecule has 30 heavy (non-hydrogen) atoms. The van der Waals surface area contributed by atoms with E-state index in [1.807, 2.05) is 24.3 Å². The molecule has 0 aromatic heterocycles. The number of fused-ring (bicyclic) bond motifs is 1. The van der Waals surface area contributed by atoms with E-state index in [2.05, 4.69) is 10.6 Å². The van der Waals surface area contributed by atoms with Crippen LogP contribution in [0.1, 0.15) is 54.4 Å². The number of anilines is 2. The van der Waals surface area contributed by atoms with Crippen molar-refractivity contribution in [2.45, 2.75) is 50.5 Å². The third-order valence-electron chi connectivity index (χ3n) is 6.11. The Hall–Kier alpha value is -2.86. The average molecular weight is 408 g/mol. The van der Waals surface area contributed by atoms with Crippen LogP contribution in [-0.4, -0.2) is 35.7 Å². The number of hydrogen-bond acceptors (Lipinski definition) is 3. The summed E-state index contributed by atoms with van der Waals surface area (Å²) in [7, 11) is 0. The monoisotopic (exact) mass is 407 g/mol. The molecule has 2 aromatic carbocycles. The van der Waals surface area contributed by atoms with Crippen LogP contribution in [0.25, 0.3) is 0 Å². The zero-order chi connectivity index (χ0) is 21.0. The Labute approximate surface area is 177 Å². The summed E-state index contributed by atoms with van der Waals surface area (Å²) in [6.07, 6.45) is 6.54. The van der Waals surface area contributed by atoms with Gasteiger partial charge in [0.1, 0.15) is 0 Å². The third-order valence-corrected chi connectivity index (χ3v) is 6.11. The lowest BCUT2D eigenvalue weighted by Crippen LogP contribution is -2.44. The maximum atomic E-state index is 13.0. The Kier molecular flexibility index (Phi) is 6.04. The molecule has 0 saturated heterocycles. The highest BCUT2D eigenvalue weighted by Crippen LogP contribution is 2.29. The summed E-state index contributed by atoms with van der Waals surface area (Å²) in [6, 6.07) is 14.6. The first-order chi connectivity index (χ1) is 14.5. The smallest absolute Gasteiger partial charge is 0.319 e. The zero-order valence-electron chi connectivity index (χ0n) is 17.2. The van der Waals surface area contributed by atoms with Crippen molar-refractivity contribution in [2.75, 3.05) is 23.3 Å². The van der Waals surface area contributed by atoms with Crippen LogP contribution in [0.3, 0.4) is 0 Å². The van der Waals surface area contributed by atoms with Gasteiger partial charge in [0, 0.05) is 30.0 Å². The Morgan fingerprint density at radius 2 is 1.77 bits per heavy atom. The summed E-state index contributed by atoms with van der Waals surface area (Å²) < 4.78 is 0. The SMILES string of the molecule is O=C(NCC1(O)CCCCCC1)Nc1cccc(C(=O)N2CCc3ccccc32)c1. The molecule has 1 fully saturated rings. The van der Waals surface area contributed by atoms with E-state index in [0.717, 1.165) is 37.8 Å². The van der Waals surface area contributed by atoms with Gasteiger partial charge in [-0.1, -0.05) is 49.9 Å². The second-order valence-electron chi connectivity index (χ2n) is 8.36. The summed E-state index contributed by atoms with van der Waals surface area (Å²) in [4.78, 5) is 27.2. The number of urea groups is 1. The lowest BCUT2D eigenvalue weighted by molar-refractivity contribution is 0.0281. The number of para-hydroxylation sites is 1. The molecule has 1 aliphatic carbocycles. The van der Waals surface area contributed by atoms with Crippen molar-refractivity contribution in [3.63, 3.8) is 0 Å². The molecule has 3 amide bonds. The number of carbonyl (C=O) groups is 2. The number of benzene rings is 2. The first-order valence-corrected chi connectivity index (χ1v) is 10.8. The van der Waals surface area contributed by atoms with Crippen molar-refractivity contribution in [1.82, 2.24) is 5.32 Å². The van der Waals surface area contributed by atoms with Crippen molar-refractivity contribution in [1.29, 1.82) is 0 Å². The fraction of sp³-hybridized carbons (Fsp3) is 0.417. The third kappa shape index (κ3) is 4.65. The highest BCUT2D eigenvalue weighted by molar-refractivity contribution is 6.08. The van der Waals surface area contributed by atoms with Crippen molar-refractivity contribution in [2.24, 2.45) is 0 Å². The molecule has 2 aliphatic rings. The van der Waals surface area contributed by atoms with Crippen LogP contribution in [0.5, 0.6) is 0 Å². The van der Waals surface area contributed by atoms with Crippen LogP contribution in [0.4, 0.5) is 16.2 Å². The van der Waals surface area contributed by atoms with Crippen LogP contribution >= 0.6 is 0 Å². The summed E-state index contributed by atoms with van der Waals surface area (Å²) in [5, 5.41) is 16.3. The Morgan fingerprint density at radius 3 is 2.57 bits per heavy atom. The van der Waals surface area contributed by atoms with Gasteiger partial charge in [0.2, 0.25) is 0 Å². The van der Waals surface area contributed by atoms with Crippen LogP contribution < -0.4 is 15.5 Å². The van der Waals surface area contributed by atoms with E-state index in [4.69, 9.17) is 0 Å². The predicted octanol–water partition coefficient (Wildman–Crippen LogP) is 4.10. The molecule has 0 atom stereocenters. The second kappa shape index (κ2) is 8.88. The fourth-order valence-electron chi connectivity index (χ4n) is 4.42. The van der Waals surface area contributed by atoms with Gasteiger partial charge in [-0.2, -0.15) is 0 Å². The summed E-state index contributed by atoms with van der Waals surface area (Å²) in [6.45, 7) is 0.900. The van der Waals surface area contributed by atoms with E-state index < -0.39 is 5.60 Å². The van der Waals surface area contributed by atoms with Gasteiger partial charge >= 0.3 is 6.03 Å². The quantitative estimate of drug-likeness (QED) is 0.668. The van der Waals surface area contributed by atoms with Crippen molar-refractivity contribution >= 4 is 23.3 Å². The van der Waals surface area contributed by atoms with Gasteiger partial charge < -0.3 is 20.6 Å². The molecule has 0 bridgehead atoms. The topological polar surface area (TPSA) is 81.7 Å². The number of aliphatic hydroxyl groups is 1. The van der Waals surface area contributed by atoms with Gasteiger partial charge in [-0.25, -0.2) is 4.79 Å². The number of carbonyl (C=O) groups excluding carboxylic acids is 2. The van der Waals surface area contributed by atoms with Crippen molar-refractivity contribution in [3.8, 4) is 0 Å². The highest BCUT2D eigenvalue weighted by Gasteiger charge is 2.28. The average Bonchev–Trinajstić information content (AvgIpc) is 3.07. The molecular weight excluding hydrogens is 378 g/mol. The molecule has 0 unspecified atom stereocenters. The maximum absolute atomic E-state index is 13.0. The molecule has 0 spiro atoms. The van der Waals surface area contributed by atoms with Crippen molar-refractivity contribution < 1.29 is 14.7 Å². The first-order valence-electron chi connectivity index (χ1n) is 10.8. The number of nitrogens with one attached hydrogen (secondary N) is 2. The maximum Gasteiger partial charge on any atom is 0.319 e. The fourth-order valence-corrected chi connectivity index (χ4v) is 4.42. The summed E-state index contributed by atoms with van der Waals surface area (Å²) >= 11 is 0. The molecule has 1 aliphatic heterocycles. The standard InChI is InChI=1S/C24H29N3O3/c28-22(27-15-12-18-8-3-4-11-21(18)27)19-9-7-10-20(16-19)26-23(29)25-17-24(30)13-5-1-2-6-14-24/h3-4,7-11,16,30H,1-2,5-6,12-15,17H2,(H2,25,26,29). The summed E-state index contributed by atoms with van der Waals surface area (Å²) in [5.74, 6) is -0.0724. The van der Waals surface area contributed by atoms with Gasteiger partial charge in [-0.05, 0) is 49.1 Å². The van der Waals surface area contributed by atoms with E-state index in [1.54, 1.807) is 29.2 Å². The minimum absolute atomic E-state index is 0.0724. The predicted molar refractivity (Wildman–Crippen MR) is 118 cm³/mol. The summed E-state index contributed by atoms with van der Waals surface area (Å²) in [5.41, 5.74) is 2.39. The van der Waals surface area contributed by atoms with E-state index in [0.29, 0.717) is 30.6 Å². The second-order valence-corrected chi connectivity index (χ2v) is 8.36. The lowest BCUT2D eigenvalue weighted by Gasteiger charge is -2.26. The molecule has 2 aromatic rings. The van der Waals surface area contributed by atoms with Crippen molar-refractivity contribution in [3.05, 3.63) is 59.7 Å². The molecule has 0 radical (unpaired) electrons. The van der Waals surface area contributed by atoms with Crippen LogP contribution in [0, 0.1) is 0 Å². The van der Waals surface area contributed by atoms with Crippen LogP contribution in [0.15, 0.2) is 48.5 Å². The molecule has 3 N–H and O–H groups in total. The van der Waals surface area contributed by atoms with E-state index in [1.165, 1.54) is 5.56 Å². The van der Waals surface area contributed by atoms with E-state index >= 15 is 0 Å². The highest BCUT2D eigenvalue weighted by atomic mass is 16.3. The first kappa shape index (κ1) is 20.4. The molecule has 4 rings (SSSR count). The van der Waals surface area contributed by atoms with Gasteiger partial charge in [-0.3, -0.25) is 4.79 Å². The lowest BCUT2D eigenvalue weighted by atomic mass is 9.95.